The molecule has 0 atom stereocenters. The lowest BCUT2D eigenvalue weighted by Crippen LogP contribution is -2.11. The van der Waals surface area contributed by atoms with E-state index in [1.807, 2.05) is 0 Å². The molecule has 15 heavy (non-hydrogen) atoms. The molecule has 1 aromatic rings. The van der Waals surface area contributed by atoms with E-state index in [1.54, 1.807) is 0 Å². The number of aromatic carboxylic acids is 1. The highest BCUT2D eigenvalue weighted by Crippen LogP contribution is 2.22. The number of rotatable bonds is 4. The molecule has 1 aromatic carbocycles. The summed E-state index contributed by atoms with van der Waals surface area (Å²) in [4.78, 5) is 21.0. The topological polar surface area (TPSA) is 83.8 Å². The largest absolute Gasteiger partial charge is 0.481 e. The molecule has 0 aliphatic carbocycles. The van der Waals surface area contributed by atoms with E-state index in [4.69, 9.17) is 26.6 Å². The van der Waals surface area contributed by atoms with Crippen molar-refractivity contribution in [2.24, 2.45) is 0 Å². The highest BCUT2D eigenvalue weighted by Gasteiger charge is 2.12. The molecule has 0 heterocycles. The highest BCUT2D eigenvalue weighted by atomic mass is 35.5. The fourth-order valence-electron chi connectivity index (χ4n) is 0.935. The maximum absolute atomic E-state index is 10.7. The molecule has 5 nitrogen and oxygen atoms in total. The van der Waals surface area contributed by atoms with Crippen molar-refractivity contribution in [3.8, 4) is 5.75 Å². The minimum atomic E-state index is -1.22. The molecule has 0 spiro atoms. The Balaban J connectivity index is 2.95. The number of hydrogen-bond acceptors (Lipinski definition) is 3. The third kappa shape index (κ3) is 3.14. The maximum Gasteiger partial charge on any atom is 0.341 e. The average molecular weight is 231 g/mol. The van der Waals surface area contributed by atoms with E-state index in [0.717, 1.165) is 0 Å². The van der Waals surface area contributed by atoms with Gasteiger partial charge < -0.3 is 14.9 Å². The second-order valence-electron chi connectivity index (χ2n) is 2.63. The highest BCUT2D eigenvalue weighted by molar-refractivity contribution is 6.31. The van der Waals surface area contributed by atoms with Gasteiger partial charge in [-0.15, -0.1) is 0 Å². The molecule has 6 heteroatoms. The Kier molecular flexibility index (Phi) is 3.51. The fraction of sp³-hybridized carbons (Fsp3) is 0.111. The average Bonchev–Trinajstić information content (AvgIpc) is 2.15. The predicted molar refractivity (Wildman–Crippen MR) is 51.5 cm³/mol. The van der Waals surface area contributed by atoms with Crippen molar-refractivity contribution in [3.63, 3.8) is 0 Å². The summed E-state index contributed by atoms with van der Waals surface area (Å²) in [6, 6.07) is 3.93. The Morgan fingerprint density at radius 3 is 2.53 bits per heavy atom. The van der Waals surface area contributed by atoms with Gasteiger partial charge >= 0.3 is 11.9 Å². The Bertz CT molecular complexity index is 401. The van der Waals surface area contributed by atoms with Crippen LogP contribution in [0.2, 0.25) is 5.02 Å². The third-order valence-corrected chi connectivity index (χ3v) is 1.76. The maximum atomic E-state index is 10.7. The first-order chi connectivity index (χ1) is 7.00. The molecular weight excluding hydrogens is 224 g/mol. The van der Waals surface area contributed by atoms with Crippen LogP contribution in [0.15, 0.2) is 18.2 Å². The summed E-state index contributed by atoms with van der Waals surface area (Å²) < 4.78 is 4.78. The minimum Gasteiger partial charge on any atom is -0.481 e. The van der Waals surface area contributed by atoms with Crippen LogP contribution < -0.4 is 4.74 Å². The van der Waals surface area contributed by atoms with E-state index in [9.17, 15) is 9.59 Å². The quantitative estimate of drug-likeness (QED) is 0.819. The molecule has 0 fully saturated rings. The molecular formula is C9H7ClO5. The van der Waals surface area contributed by atoms with Crippen molar-refractivity contribution >= 4 is 23.5 Å². The van der Waals surface area contributed by atoms with Gasteiger partial charge in [-0.05, 0) is 18.2 Å². The van der Waals surface area contributed by atoms with Gasteiger partial charge in [0.05, 0.1) is 0 Å². The summed E-state index contributed by atoms with van der Waals surface area (Å²) in [7, 11) is 0. The summed E-state index contributed by atoms with van der Waals surface area (Å²) >= 11 is 5.59. The van der Waals surface area contributed by atoms with Crippen molar-refractivity contribution in [1.29, 1.82) is 0 Å². The van der Waals surface area contributed by atoms with E-state index in [1.165, 1.54) is 18.2 Å². The van der Waals surface area contributed by atoms with Crippen LogP contribution in [0, 0.1) is 0 Å². The summed E-state index contributed by atoms with van der Waals surface area (Å²) in [6.45, 7) is -0.595. The lowest BCUT2D eigenvalue weighted by molar-refractivity contribution is -0.139. The van der Waals surface area contributed by atoms with E-state index in [0.29, 0.717) is 0 Å². The molecule has 0 bridgehead atoms. The Hall–Kier alpha value is -1.75. The molecule has 80 valence electrons. The number of halogens is 1. The van der Waals surface area contributed by atoms with Gasteiger partial charge in [-0.1, -0.05) is 11.6 Å². The third-order valence-electron chi connectivity index (χ3n) is 1.52. The van der Waals surface area contributed by atoms with Gasteiger partial charge in [-0.2, -0.15) is 0 Å². The zero-order valence-electron chi connectivity index (χ0n) is 7.44. The summed E-state index contributed by atoms with van der Waals surface area (Å²) in [5.74, 6) is -2.42. The van der Waals surface area contributed by atoms with Gasteiger partial charge in [0.15, 0.2) is 6.61 Å². The standard InChI is InChI=1S/C9H7ClO5/c10-5-1-2-7(15-4-8(11)12)6(3-5)9(13)14/h1-3H,4H2,(H,11,12)(H,13,14). The van der Waals surface area contributed by atoms with E-state index < -0.39 is 18.5 Å². The van der Waals surface area contributed by atoms with Crippen LogP contribution in [0.4, 0.5) is 0 Å². The molecule has 0 saturated carbocycles. The van der Waals surface area contributed by atoms with E-state index in [2.05, 4.69) is 0 Å². The Morgan fingerprint density at radius 1 is 1.33 bits per heavy atom. The Morgan fingerprint density at radius 2 is 2.00 bits per heavy atom. The molecule has 0 saturated heterocycles. The van der Waals surface area contributed by atoms with Crippen molar-refractivity contribution in [3.05, 3.63) is 28.8 Å². The number of carboxylic acid groups (broad SMARTS) is 2. The lowest BCUT2D eigenvalue weighted by atomic mass is 10.2. The zero-order valence-corrected chi connectivity index (χ0v) is 8.19. The molecule has 2 N–H and O–H groups in total. The smallest absolute Gasteiger partial charge is 0.341 e. The van der Waals surface area contributed by atoms with Gasteiger partial charge in [-0.25, -0.2) is 9.59 Å². The first-order valence-electron chi connectivity index (χ1n) is 3.88. The number of benzene rings is 1. The molecule has 0 amide bonds. The van der Waals surface area contributed by atoms with Crippen LogP contribution in [0.3, 0.4) is 0 Å². The second-order valence-corrected chi connectivity index (χ2v) is 3.06. The fourth-order valence-corrected chi connectivity index (χ4v) is 1.11. The van der Waals surface area contributed by atoms with E-state index >= 15 is 0 Å². The molecule has 0 unspecified atom stereocenters. The van der Waals surface area contributed by atoms with Crippen molar-refractivity contribution in [1.82, 2.24) is 0 Å². The van der Waals surface area contributed by atoms with Crippen LogP contribution >= 0.6 is 11.6 Å². The molecule has 1 rings (SSSR count). The van der Waals surface area contributed by atoms with Crippen molar-refractivity contribution < 1.29 is 24.5 Å². The van der Waals surface area contributed by atoms with Crippen LogP contribution in [0.1, 0.15) is 10.4 Å². The minimum absolute atomic E-state index is 0.0192. The van der Waals surface area contributed by atoms with E-state index in [-0.39, 0.29) is 16.3 Å². The predicted octanol–water partition coefficient (Wildman–Crippen LogP) is 1.50. The number of aliphatic carboxylic acids is 1. The first kappa shape index (κ1) is 11.3. The second kappa shape index (κ2) is 4.65. The summed E-state index contributed by atoms with van der Waals surface area (Å²) in [5.41, 5.74) is -0.163. The molecule has 0 aliphatic heterocycles. The normalized spacial score (nSPS) is 9.67. The number of carboxylic acids is 2. The number of hydrogen-bond donors (Lipinski definition) is 2. The van der Waals surface area contributed by atoms with Gasteiger partial charge in [-0.3, -0.25) is 0 Å². The Labute approximate surface area is 89.9 Å². The number of ether oxygens (including phenoxy) is 1. The SMILES string of the molecule is O=C(O)COc1ccc(Cl)cc1C(=O)O. The van der Waals surface area contributed by atoms with Gasteiger partial charge in [0, 0.05) is 5.02 Å². The monoisotopic (exact) mass is 230 g/mol. The first-order valence-corrected chi connectivity index (χ1v) is 4.26. The van der Waals surface area contributed by atoms with Crippen LogP contribution in [-0.2, 0) is 4.79 Å². The lowest BCUT2D eigenvalue weighted by Gasteiger charge is -2.06. The summed E-state index contributed by atoms with van der Waals surface area (Å²) in [6.07, 6.45) is 0. The zero-order chi connectivity index (χ0) is 11.4. The van der Waals surface area contributed by atoms with Gasteiger partial charge in [0.1, 0.15) is 11.3 Å². The van der Waals surface area contributed by atoms with Crippen LogP contribution in [0.25, 0.3) is 0 Å². The number of carbonyl (C=O) groups is 2. The van der Waals surface area contributed by atoms with Crippen molar-refractivity contribution in [2.45, 2.75) is 0 Å². The van der Waals surface area contributed by atoms with Crippen LogP contribution in [-0.4, -0.2) is 28.8 Å². The van der Waals surface area contributed by atoms with Gasteiger partial charge in [0.25, 0.3) is 0 Å². The molecule has 0 aliphatic rings. The molecule has 0 radical (unpaired) electrons. The molecule has 0 aromatic heterocycles. The van der Waals surface area contributed by atoms with Crippen LogP contribution in [0.5, 0.6) is 5.75 Å². The van der Waals surface area contributed by atoms with Crippen molar-refractivity contribution in [2.75, 3.05) is 6.61 Å². The summed E-state index contributed by atoms with van der Waals surface area (Å²) in [5, 5.41) is 17.4. The van der Waals surface area contributed by atoms with Gasteiger partial charge in [0.2, 0.25) is 0 Å².